The molecule has 19 heavy (non-hydrogen) atoms. The highest BCUT2D eigenvalue weighted by Gasteiger charge is 2.27. The van der Waals surface area contributed by atoms with Gasteiger partial charge in [-0.2, -0.15) is 0 Å². The number of aliphatic imine (C=N–C) groups is 1. The van der Waals surface area contributed by atoms with Gasteiger partial charge in [-0.1, -0.05) is 36.9 Å². The molecule has 2 rings (SSSR count). The summed E-state index contributed by atoms with van der Waals surface area (Å²) >= 11 is 1.77. The minimum absolute atomic E-state index is 0.134. The number of hydrogen-bond donors (Lipinski definition) is 1. The van der Waals surface area contributed by atoms with E-state index in [2.05, 4.69) is 24.2 Å². The lowest BCUT2D eigenvalue weighted by molar-refractivity contribution is 0.390. The Bertz CT molecular complexity index is 461. The van der Waals surface area contributed by atoms with E-state index in [0.717, 1.165) is 22.9 Å². The van der Waals surface area contributed by atoms with Gasteiger partial charge in [0.1, 0.15) is 5.82 Å². The Labute approximate surface area is 118 Å². The third kappa shape index (κ3) is 3.96. The highest BCUT2D eigenvalue weighted by atomic mass is 32.2. The van der Waals surface area contributed by atoms with Gasteiger partial charge in [-0.3, -0.25) is 4.99 Å². The molecule has 1 unspecified atom stereocenters. The van der Waals surface area contributed by atoms with Crippen LogP contribution in [0.2, 0.25) is 0 Å². The molecule has 0 spiro atoms. The first-order valence-electron chi connectivity index (χ1n) is 6.82. The molecule has 1 aromatic carbocycles. The number of nitrogens with zero attached hydrogens (tertiary/aromatic N) is 1. The van der Waals surface area contributed by atoms with Crippen molar-refractivity contribution in [1.82, 2.24) is 5.32 Å². The number of amidine groups is 1. The maximum atomic E-state index is 13.5. The van der Waals surface area contributed by atoms with E-state index >= 15 is 0 Å². The molecule has 4 heteroatoms. The minimum atomic E-state index is -0.134. The summed E-state index contributed by atoms with van der Waals surface area (Å²) in [4.78, 5) is 4.56. The third-order valence-electron chi connectivity index (χ3n) is 3.68. The molecule has 1 aliphatic rings. The molecule has 1 heterocycles. The Morgan fingerprint density at radius 3 is 2.95 bits per heavy atom. The highest BCUT2D eigenvalue weighted by Crippen LogP contribution is 2.24. The van der Waals surface area contributed by atoms with Crippen molar-refractivity contribution in [3.8, 4) is 0 Å². The van der Waals surface area contributed by atoms with Crippen molar-refractivity contribution in [1.29, 1.82) is 0 Å². The summed E-state index contributed by atoms with van der Waals surface area (Å²) in [5.41, 5.74) is 0.910. The smallest absolute Gasteiger partial charge is 0.156 e. The van der Waals surface area contributed by atoms with E-state index in [1.54, 1.807) is 17.8 Å². The van der Waals surface area contributed by atoms with Crippen molar-refractivity contribution >= 4 is 16.9 Å². The first kappa shape index (κ1) is 14.4. The van der Waals surface area contributed by atoms with Crippen LogP contribution >= 0.6 is 11.8 Å². The molecule has 1 fully saturated rings. The molecule has 0 aliphatic carbocycles. The number of thioether (sulfide) groups is 1. The van der Waals surface area contributed by atoms with Crippen molar-refractivity contribution in [2.24, 2.45) is 4.99 Å². The molecule has 0 aromatic heterocycles. The van der Waals surface area contributed by atoms with Crippen LogP contribution in [0.5, 0.6) is 0 Å². The number of nitrogens with one attached hydrogen (secondary N) is 1. The molecule has 1 N–H and O–H groups in total. The van der Waals surface area contributed by atoms with E-state index in [1.807, 2.05) is 12.1 Å². The molecule has 1 atom stereocenters. The SMILES string of the molecule is CCC1(C)CCSC(=NCCc2ccccc2F)N1. The Kier molecular flexibility index (Phi) is 4.86. The fourth-order valence-corrected chi connectivity index (χ4v) is 3.31. The topological polar surface area (TPSA) is 24.4 Å². The Morgan fingerprint density at radius 1 is 1.42 bits per heavy atom. The van der Waals surface area contributed by atoms with Gasteiger partial charge >= 0.3 is 0 Å². The van der Waals surface area contributed by atoms with Crippen molar-refractivity contribution < 1.29 is 4.39 Å². The number of rotatable bonds is 4. The van der Waals surface area contributed by atoms with E-state index in [4.69, 9.17) is 0 Å². The van der Waals surface area contributed by atoms with Crippen LogP contribution in [0.1, 0.15) is 32.3 Å². The fraction of sp³-hybridized carbons (Fsp3) is 0.533. The molecule has 1 saturated heterocycles. The molecule has 1 aromatic rings. The quantitative estimate of drug-likeness (QED) is 0.911. The first-order valence-corrected chi connectivity index (χ1v) is 7.80. The van der Waals surface area contributed by atoms with E-state index in [9.17, 15) is 4.39 Å². The second kappa shape index (κ2) is 6.42. The summed E-state index contributed by atoms with van der Waals surface area (Å²) < 4.78 is 13.5. The van der Waals surface area contributed by atoms with Gasteiger partial charge in [-0.05, 0) is 37.8 Å². The zero-order valence-electron chi connectivity index (χ0n) is 11.6. The summed E-state index contributed by atoms with van der Waals surface area (Å²) in [7, 11) is 0. The van der Waals surface area contributed by atoms with E-state index in [-0.39, 0.29) is 11.4 Å². The van der Waals surface area contributed by atoms with Gasteiger partial charge in [0.2, 0.25) is 0 Å². The molecular weight excluding hydrogens is 259 g/mol. The predicted octanol–water partition coefficient (Wildman–Crippen LogP) is 3.62. The number of halogens is 1. The number of benzene rings is 1. The van der Waals surface area contributed by atoms with Gasteiger partial charge in [0.15, 0.2) is 5.17 Å². The van der Waals surface area contributed by atoms with E-state index in [0.29, 0.717) is 13.0 Å². The maximum absolute atomic E-state index is 13.5. The van der Waals surface area contributed by atoms with Gasteiger partial charge in [0.05, 0.1) is 0 Å². The van der Waals surface area contributed by atoms with Gasteiger partial charge in [-0.15, -0.1) is 0 Å². The lowest BCUT2D eigenvalue weighted by atomic mass is 9.96. The Morgan fingerprint density at radius 2 is 2.21 bits per heavy atom. The van der Waals surface area contributed by atoms with Crippen molar-refractivity contribution in [2.45, 2.75) is 38.6 Å². The summed E-state index contributed by atoms with van der Waals surface area (Å²) in [5, 5.41) is 4.51. The largest absolute Gasteiger partial charge is 0.360 e. The summed E-state index contributed by atoms with van der Waals surface area (Å²) in [5.74, 6) is 0.973. The molecule has 0 radical (unpaired) electrons. The van der Waals surface area contributed by atoms with Crippen LogP contribution in [0.25, 0.3) is 0 Å². The molecule has 0 bridgehead atoms. The number of hydrogen-bond acceptors (Lipinski definition) is 2. The third-order valence-corrected chi connectivity index (χ3v) is 4.59. The normalized spacial score (nSPS) is 25.3. The van der Waals surface area contributed by atoms with Crippen LogP contribution in [0.3, 0.4) is 0 Å². The summed E-state index contributed by atoms with van der Waals surface area (Å²) in [6.45, 7) is 5.06. The standard InChI is InChI=1S/C15H21FN2S/c1-3-15(2)9-11-19-14(18-15)17-10-8-12-6-4-5-7-13(12)16/h4-7H,3,8-11H2,1-2H3,(H,17,18). The van der Waals surface area contributed by atoms with Crippen molar-refractivity contribution in [2.75, 3.05) is 12.3 Å². The average molecular weight is 280 g/mol. The van der Waals surface area contributed by atoms with E-state index in [1.165, 1.54) is 12.5 Å². The van der Waals surface area contributed by atoms with Crippen molar-refractivity contribution in [3.63, 3.8) is 0 Å². The Hall–Kier alpha value is -1.03. The minimum Gasteiger partial charge on any atom is -0.360 e. The molecule has 0 saturated carbocycles. The predicted molar refractivity (Wildman–Crippen MR) is 81.3 cm³/mol. The van der Waals surface area contributed by atoms with Crippen LogP contribution in [-0.4, -0.2) is 23.0 Å². The molecule has 1 aliphatic heterocycles. The average Bonchev–Trinajstić information content (AvgIpc) is 2.41. The fourth-order valence-electron chi connectivity index (χ4n) is 2.06. The Balaban J connectivity index is 1.91. The summed E-state index contributed by atoms with van der Waals surface area (Å²) in [6, 6.07) is 6.92. The van der Waals surface area contributed by atoms with Crippen LogP contribution in [0.4, 0.5) is 4.39 Å². The zero-order valence-corrected chi connectivity index (χ0v) is 12.4. The van der Waals surface area contributed by atoms with E-state index < -0.39 is 0 Å². The molecule has 0 amide bonds. The lowest BCUT2D eigenvalue weighted by Crippen LogP contribution is -2.48. The van der Waals surface area contributed by atoms with Crippen LogP contribution in [-0.2, 0) is 6.42 Å². The first-order chi connectivity index (χ1) is 9.13. The monoisotopic (exact) mass is 280 g/mol. The van der Waals surface area contributed by atoms with Crippen LogP contribution in [0.15, 0.2) is 29.3 Å². The second-order valence-corrected chi connectivity index (χ2v) is 6.25. The van der Waals surface area contributed by atoms with Crippen molar-refractivity contribution in [3.05, 3.63) is 35.6 Å². The molecule has 104 valence electrons. The molecular formula is C15H21FN2S. The van der Waals surface area contributed by atoms with Gasteiger partial charge in [-0.25, -0.2) is 4.39 Å². The van der Waals surface area contributed by atoms with Crippen LogP contribution in [0, 0.1) is 5.82 Å². The lowest BCUT2D eigenvalue weighted by Gasteiger charge is -2.35. The van der Waals surface area contributed by atoms with Gasteiger partial charge in [0.25, 0.3) is 0 Å². The summed E-state index contributed by atoms with van der Waals surface area (Å²) in [6.07, 6.45) is 2.92. The highest BCUT2D eigenvalue weighted by molar-refractivity contribution is 8.13. The maximum Gasteiger partial charge on any atom is 0.156 e. The van der Waals surface area contributed by atoms with Gasteiger partial charge < -0.3 is 5.32 Å². The second-order valence-electron chi connectivity index (χ2n) is 5.17. The van der Waals surface area contributed by atoms with Crippen LogP contribution < -0.4 is 5.32 Å². The zero-order chi connectivity index (χ0) is 13.7. The van der Waals surface area contributed by atoms with Gasteiger partial charge in [0, 0.05) is 17.8 Å². The molecule has 2 nitrogen and oxygen atoms in total.